The van der Waals surface area contributed by atoms with Gasteiger partial charge < -0.3 is 19.7 Å². The summed E-state index contributed by atoms with van der Waals surface area (Å²) in [6, 6.07) is 7.07. The summed E-state index contributed by atoms with van der Waals surface area (Å²) in [5, 5.41) is 6.72. The Hall–Kier alpha value is -4.12. The van der Waals surface area contributed by atoms with Crippen LogP contribution < -0.4 is 14.8 Å². The minimum absolute atomic E-state index is 0.0696. The largest absolute Gasteiger partial charge is 0.477 e. The topological polar surface area (TPSA) is 158 Å². The molecule has 3 aromatic heterocycles. The van der Waals surface area contributed by atoms with E-state index in [-0.39, 0.29) is 64.4 Å². The van der Waals surface area contributed by atoms with E-state index in [1.807, 2.05) is 39.3 Å². The molecule has 1 saturated heterocycles. The van der Waals surface area contributed by atoms with Crippen molar-refractivity contribution in [2.75, 3.05) is 25.0 Å². The lowest BCUT2D eigenvalue weighted by Gasteiger charge is -2.33. The van der Waals surface area contributed by atoms with Gasteiger partial charge in [0.1, 0.15) is 16.6 Å². The molecule has 2 N–H and O–H groups in total. The summed E-state index contributed by atoms with van der Waals surface area (Å²) >= 11 is 6.28. The number of alkyl halides is 3. The van der Waals surface area contributed by atoms with Crippen molar-refractivity contribution >= 4 is 39.4 Å². The number of amides is 2. The predicted molar refractivity (Wildman–Crippen MR) is 191 cm³/mol. The van der Waals surface area contributed by atoms with E-state index in [2.05, 4.69) is 20.4 Å². The molecule has 3 unspecified atom stereocenters. The Balaban J connectivity index is 1.12. The van der Waals surface area contributed by atoms with Crippen molar-refractivity contribution in [3.63, 3.8) is 0 Å². The van der Waals surface area contributed by atoms with Crippen molar-refractivity contribution in [1.82, 2.24) is 29.4 Å². The maximum absolute atomic E-state index is 13.2. The molecule has 0 spiro atoms. The first-order valence-electron chi connectivity index (χ1n) is 17.3. The second kappa shape index (κ2) is 15.3. The molecular formula is C35H45ClF3N7O6S. The van der Waals surface area contributed by atoms with E-state index in [0.29, 0.717) is 24.5 Å². The fourth-order valence-corrected chi connectivity index (χ4v) is 7.55. The van der Waals surface area contributed by atoms with Gasteiger partial charge >= 0.3 is 12.3 Å². The van der Waals surface area contributed by atoms with Crippen LogP contribution in [0, 0.1) is 24.7 Å². The van der Waals surface area contributed by atoms with Crippen LogP contribution in [-0.2, 0) is 14.8 Å². The molecule has 2 aliphatic rings. The van der Waals surface area contributed by atoms with Gasteiger partial charge in [0.2, 0.25) is 5.88 Å². The van der Waals surface area contributed by atoms with Crippen LogP contribution in [0.4, 0.5) is 23.8 Å². The SMILES string of the molecule is Cc1ccc(S(=O)(=O)NC(=O)c2ccc(-n3ccc(OCCC4CC4C(F)(F)F)n3)nc2Cl)nc1NCCCC1CN(C(=O)OC(C)(C)C)C(C)(C)C1. The maximum Gasteiger partial charge on any atom is 0.410 e. The van der Waals surface area contributed by atoms with Crippen LogP contribution in [0.2, 0.25) is 5.15 Å². The van der Waals surface area contributed by atoms with Gasteiger partial charge in [-0.25, -0.2) is 24.2 Å². The molecule has 1 aliphatic carbocycles. The van der Waals surface area contributed by atoms with Gasteiger partial charge in [0.05, 0.1) is 18.1 Å². The molecule has 18 heteroatoms. The van der Waals surface area contributed by atoms with Gasteiger partial charge in [-0.2, -0.15) is 21.6 Å². The van der Waals surface area contributed by atoms with Gasteiger partial charge in [0, 0.05) is 30.9 Å². The Kier molecular flexibility index (Phi) is 11.6. The molecule has 53 heavy (non-hydrogen) atoms. The monoisotopic (exact) mass is 783 g/mol. The molecule has 0 bridgehead atoms. The van der Waals surface area contributed by atoms with Crippen LogP contribution >= 0.6 is 11.6 Å². The average Bonchev–Trinajstić information content (AvgIpc) is 3.56. The summed E-state index contributed by atoms with van der Waals surface area (Å²) in [4.78, 5) is 36.0. The van der Waals surface area contributed by atoms with Gasteiger partial charge in [0.25, 0.3) is 15.9 Å². The number of aromatic nitrogens is 4. The number of pyridine rings is 2. The summed E-state index contributed by atoms with van der Waals surface area (Å²) in [6.07, 6.45) is -0.243. The van der Waals surface area contributed by atoms with E-state index in [1.54, 1.807) is 17.9 Å². The molecule has 1 aliphatic heterocycles. The van der Waals surface area contributed by atoms with Crippen LogP contribution in [0.25, 0.3) is 5.82 Å². The summed E-state index contributed by atoms with van der Waals surface area (Å²) in [5.41, 5.74) is -0.414. The summed E-state index contributed by atoms with van der Waals surface area (Å²) < 4.78 is 79.0. The third-order valence-corrected chi connectivity index (χ3v) is 10.7. The standard InChI is InChI=1S/C35H45ClF3N7O6S/c1-21-9-12-28(42-30(21)40-15-7-8-22-19-34(5,6)45(20-22)32(48)52-33(2,3)4)53(49,50)44-31(47)24-10-11-26(41-29(24)36)46-16-13-27(43-46)51-17-14-23-18-25(23)35(37,38)39/h9-13,16,22-23,25H,7-8,14-15,17-20H2,1-6H3,(H,40,42)(H,44,47). The number of carbonyl (C=O) groups is 2. The van der Waals surface area contributed by atoms with E-state index in [4.69, 9.17) is 21.1 Å². The molecule has 2 fully saturated rings. The molecule has 3 aromatic rings. The zero-order chi connectivity index (χ0) is 38.9. The number of anilines is 1. The number of hydrogen-bond donors (Lipinski definition) is 2. The van der Waals surface area contributed by atoms with Crippen molar-refractivity contribution in [3.8, 4) is 11.7 Å². The molecular weight excluding hydrogens is 739 g/mol. The van der Waals surface area contributed by atoms with Crippen LogP contribution in [0.5, 0.6) is 5.88 Å². The van der Waals surface area contributed by atoms with Gasteiger partial charge in [0.15, 0.2) is 10.8 Å². The molecule has 290 valence electrons. The highest BCUT2D eigenvalue weighted by Crippen LogP contribution is 2.51. The third kappa shape index (κ3) is 10.3. The zero-order valence-corrected chi connectivity index (χ0v) is 32.0. The third-order valence-electron chi connectivity index (χ3n) is 9.19. The van der Waals surface area contributed by atoms with Crippen LogP contribution in [0.3, 0.4) is 0 Å². The van der Waals surface area contributed by atoms with E-state index >= 15 is 0 Å². The van der Waals surface area contributed by atoms with Crippen LogP contribution in [-0.4, -0.2) is 82.1 Å². The summed E-state index contributed by atoms with van der Waals surface area (Å²) in [5.74, 6) is -1.76. The Morgan fingerprint density at radius 3 is 2.47 bits per heavy atom. The second-order valence-corrected chi connectivity index (χ2v) is 17.2. The molecule has 0 radical (unpaired) electrons. The van der Waals surface area contributed by atoms with Crippen molar-refractivity contribution in [2.45, 2.75) is 96.0 Å². The Labute approximate surface area is 312 Å². The van der Waals surface area contributed by atoms with Gasteiger partial charge in [-0.3, -0.25) is 4.79 Å². The summed E-state index contributed by atoms with van der Waals surface area (Å²) in [7, 11) is -4.41. The van der Waals surface area contributed by atoms with Gasteiger partial charge in [-0.15, -0.1) is 5.10 Å². The Morgan fingerprint density at radius 1 is 1.08 bits per heavy atom. The number of hydrogen-bond acceptors (Lipinski definition) is 10. The molecule has 5 rings (SSSR count). The number of ether oxygens (including phenoxy) is 2. The number of rotatable bonds is 13. The Morgan fingerprint density at radius 2 is 1.81 bits per heavy atom. The molecule has 4 heterocycles. The number of likely N-dealkylation sites (tertiary alicyclic amines) is 1. The van der Waals surface area contributed by atoms with E-state index in [9.17, 15) is 31.2 Å². The fraction of sp³-hybridized carbons (Fsp3) is 0.571. The fourth-order valence-electron chi connectivity index (χ4n) is 6.40. The number of halogens is 4. The molecule has 13 nitrogen and oxygen atoms in total. The molecule has 0 aromatic carbocycles. The predicted octanol–water partition coefficient (Wildman–Crippen LogP) is 6.94. The zero-order valence-electron chi connectivity index (χ0n) is 30.5. The first kappa shape index (κ1) is 40.1. The molecule has 3 atom stereocenters. The average molecular weight is 784 g/mol. The second-order valence-electron chi connectivity index (χ2n) is 15.2. The van der Waals surface area contributed by atoms with Crippen molar-refractivity contribution < 1.29 is 40.7 Å². The Bertz CT molecular complexity index is 1930. The van der Waals surface area contributed by atoms with Crippen LogP contribution in [0.15, 0.2) is 41.6 Å². The number of nitrogens with zero attached hydrogens (tertiary/aromatic N) is 5. The lowest BCUT2D eigenvalue weighted by Crippen LogP contribution is -2.45. The van der Waals surface area contributed by atoms with Crippen molar-refractivity contribution in [3.05, 3.63) is 52.8 Å². The minimum Gasteiger partial charge on any atom is -0.477 e. The quantitative estimate of drug-likeness (QED) is 0.138. The van der Waals surface area contributed by atoms with Crippen molar-refractivity contribution in [2.24, 2.45) is 17.8 Å². The number of aryl methyl sites for hydroxylation is 1. The minimum atomic E-state index is -4.41. The van der Waals surface area contributed by atoms with Crippen LogP contribution in [0.1, 0.15) is 82.6 Å². The number of carbonyl (C=O) groups excluding carboxylic acids is 2. The van der Waals surface area contributed by atoms with E-state index in [1.165, 1.54) is 35.1 Å². The number of sulfonamides is 1. The van der Waals surface area contributed by atoms with Gasteiger partial charge in [-0.05, 0) is 109 Å². The highest BCUT2D eigenvalue weighted by molar-refractivity contribution is 7.90. The lowest BCUT2D eigenvalue weighted by atomic mass is 9.93. The highest BCUT2D eigenvalue weighted by Gasteiger charge is 2.55. The lowest BCUT2D eigenvalue weighted by molar-refractivity contribution is -0.151. The first-order valence-corrected chi connectivity index (χ1v) is 19.2. The normalized spacial score (nSPS) is 19.9. The highest BCUT2D eigenvalue weighted by atomic mass is 35.5. The van der Waals surface area contributed by atoms with Gasteiger partial charge in [-0.1, -0.05) is 17.7 Å². The smallest absolute Gasteiger partial charge is 0.410 e. The molecule has 1 saturated carbocycles. The number of nitrogens with one attached hydrogen (secondary N) is 2. The van der Waals surface area contributed by atoms with E-state index < -0.39 is 39.5 Å². The van der Waals surface area contributed by atoms with Crippen molar-refractivity contribution in [1.29, 1.82) is 0 Å². The van der Waals surface area contributed by atoms with E-state index in [0.717, 1.165) is 19.3 Å². The molecule has 2 amide bonds. The first-order chi connectivity index (χ1) is 24.6. The summed E-state index contributed by atoms with van der Waals surface area (Å²) in [6.45, 7) is 12.5. The maximum atomic E-state index is 13.2.